The maximum Gasteiger partial charge on any atom is 0.137 e. The van der Waals surface area contributed by atoms with E-state index in [4.69, 9.17) is 10.5 Å². The highest BCUT2D eigenvalue weighted by Gasteiger charge is 2.06. The first kappa shape index (κ1) is 9.02. The zero-order valence-electron chi connectivity index (χ0n) is 8.32. The fourth-order valence-corrected chi connectivity index (χ4v) is 1.56. The Labute approximate surface area is 82.3 Å². The van der Waals surface area contributed by atoms with Crippen LogP contribution in [0.2, 0.25) is 0 Å². The third-order valence-electron chi connectivity index (χ3n) is 2.32. The van der Waals surface area contributed by atoms with Crippen molar-refractivity contribution in [2.75, 3.05) is 7.11 Å². The predicted molar refractivity (Wildman–Crippen MR) is 54.4 cm³/mol. The molecule has 2 aromatic rings. The smallest absolute Gasteiger partial charge is 0.137 e. The van der Waals surface area contributed by atoms with Crippen molar-refractivity contribution < 1.29 is 4.74 Å². The lowest BCUT2D eigenvalue weighted by molar-refractivity contribution is 0.412. The van der Waals surface area contributed by atoms with E-state index in [0.717, 1.165) is 22.8 Å². The van der Waals surface area contributed by atoms with Crippen LogP contribution in [0.3, 0.4) is 0 Å². The number of hydrogen-bond donors (Lipinski definition) is 1. The van der Waals surface area contributed by atoms with Crippen LogP contribution in [0.15, 0.2) is 18.3 Å². The summed E-state index contributed by atoms with van der Waals surface area (Å²) < 4.78 is 7.11. The molecule has 0 aliphatic rings. The van der Waals surface area contributed by atoms with Crippen molar-refractivity contribution in [3.63, 3.8) is 0 Å². The molecule has 0 aromatic carbocycles. The molecule has 0 bridgehead atoms. The molecule has 0 aliphatic carbocycles. The number of hydrogen-bond acceptors (Lipinski definition) is 3. The van der Waals surface area contributed by atoms with Gasteiger partial charge in [0.15, 0.2) is 0 Å². The molecule has 4 nitrogen and oxygen atoms in total. The quantitative estimate of drug-likeness (QED) is 0.773. The predicted octanol–water partition coefficient (Wildman–Crippen LogP) is 1.11. The van der Waals surface area contributed by atoms with Gasteiger partial charge in [-0.3, -0.25) is 4.40 Å². The molecule has 0 atom stereocenters. The Kier molecular flexibility index (Phi) is 2.13. The lowest BCUT2D eigenvalue weighted by atomic mass is 10.3. The van der Waals surface area contributed by atoms with Crippen LogP contribution < -0.4 is 10.5 Å². The molecule has 0 saturated carbocycles. The highest BCUT2D eigenvalue weighted by molar-refractivity contribution is 5.45. The van der Waals surface area contributed by atoms with E-state index in [0.29, 0.717) is 6.54 Å². The maximum atomic E-state index is 5.65. The average molecular weight is 191 g/mol. The van der Waals surface area contributed by atoms with Crippen molar-refractivity contribution in [2.45, 2.75) is 13.5 Å². The van der Waals surface area contributed by atoms with E-state index in [2.05, 4.69) is 4.98 Å². The fourth-order valence-electron chi connectivity index (χ4n) is 1.56. The Morgan fingerprint density at radius 1 is 1.50 bits per heavy atom. The van der Waals surface area contributed by atoms with Crippen molar-refractivity contribution in [3.8, 4) is 5.75 Å². The first-order chi connectivity index (χ1) is 6.76. The van der Waals surface area contributed by atoms with Crippen LogP contribution in [0.5, 0.6) is 5.75 Å². The van der Waals surface area contributed by atoms with E-state index in [1.165, 1.54) is 0 Å². The maximum absolute atomic E-state index is 5.65. The van der Waals surface area contributed by atoms with Crippen molar-refractivity contribution in [2.24, 2.45) is 5.73 Å². The summed E-state index contributed by atoms with van der Waals surface area (Å²) in [6.45, 7) is 2.45. The zero-order valence-corrected chi connectivity index (χ0v) is 8.32. The van der Waals surface area contributed by atoms with E-state index in [1.807, 2.05) is 29.7 Å². The average Bonchev–Trinajstić information content (AvgIpc) is 2.52. The largest absolute Gasteiger partial charge is 0.495 e. The lowest BCUT2D eigenvalue weighted by Gasteiger charge is -2.02. The third-order valence-corrected chi connectivity index (χ3v) is 2.32. The Hall–Kier alpha value is -1.55. The highest BCUT2D eigenvalue weighted by Crippen LogP contribution is 2.16. The number of fused-ring (bicyclic) bond motifs is 1. The van der Waals surface area contributed by atoms with Gasteiger partial charge in [-0.2, -0.15) is 0 Å². The number of pyridine rings is 1. The highest BCUT2D eigenvalue weighted by atomic mass is 16.5. The van der Waals surface area contributed by atoms with Crippen LogP contribution in [0.4, 0.5) is 0 Å². The SMILES string of the molecule is COc1ccc2nc(C)c(CN)n2c1. The van der Waals surface area contributed by atoms with Crippen LogP contribution in [0.25, 0.3) is 5.65 Å². The number of nitrogens with zero attached hydrogens (tertiary/aromatic N) is 2. The van der Waals surface area contributed by atoms with Crippen molar-refractivity contribution in [1.82, 2.24) is 9.38 Å². The monoisotopic (exact) mass is 191 g/mol. The van der Waals surface area contributed by atoms with Gasteiger partial charge in [0, 0.05) is 6.54 Å². The summed E-state index contributed by atoms with van der Waals surface area (Å²) in [4.78, 5) is 4.39. The molecule has 2 rings (SSSR count). The molecule has 14 heavy (non-hydrogen) atoms. The van der Waals surface area contributed by atoms with E-state index < -0.39 is 0 Å². The number of rotatable bonds is 2. The van der Waals surface area contributed by atoms with Crippen LogP contribution in [-0.4, -0.2) is 16.5 Å². The molecule has 74 valence electrons. The van der Waals surface area contributed by atoms with Gasteiger partial charge in [-0.05, 0) is 19.1 Å². The molecule has 0 fully saturated rings. The van der Waals surface area contributed by atoms with Gasteiger partial charge in [0.25, 0.3) is 0 Å². The van der Waals surface area contributed by atoms with E-state index >= 15 is 0 Å². The van der Waals surface area contributed by atoms with E-state index in [1.54, 1.807) is 7.11 Å². The van der Waals surface area contributed by atoms with Crippen LogP contribution in [-0.2, 0) is 6.54 Å². The minimum Gasteiger partial charge on any atom is -0.495 e. The summed E-state index contributed by atoms with van der Waals surface area (Å²) in [5.41, 5.74) is 8.56. The van der Waals surface area contributed by atoms with Gasteiger partial charge in [-0.1, -0.05) is 0 Å². The molecule has 0 spiro atoms. The number of ether oxygens (including phenoxy) is 1. The Bertz CT molecular complexity index is 462. The van der Waals surface area contributed by atoms with Gasteiger partial charge < -0.3 is 10.5 Å². The molecular formula is C10H13N3O. The molecule has 0 saturated heterocycles. The third kappa shape index (κ3) is 1.24. The zero-order chi connectivity index (χ0) is 10.1. The summed E-state index contributed by atoms with van der Waals surface area (Å²) >= 11 is 0. The van der Waals surface area contributed by atoms with Gasteiger partial charge in [0.1, 0.15) is 11.4 Å². The second kappa shape index (κ2) is 3.31. The van der Waals surface area contributed by atoms with Gasteiger partial charge in [-0.25, -0.2) is 4.98 Å². The van der Waals surface area contributed by atoms with E-state index in [9.17, 15) is 0 Å². The topological polar surface area (TPSA) is 52.5 Å². The molecule has 0 aliphatic heterocycles. The van der Waals surface area contributed by atoms with Crippen LogP contribution in [0.1, 0.15) is 11.4 Å². The van der Waals surface area contributed by atoms with Crippen molar-refractivity contribution in [3.05, 3.63) is 29.7 Å². The number of nitrogens with two attached hydrogens (primary N) is 1. The normalized spacial score (nSPS) is 10.8. The second-order valence-electron chi connectivity index (χ2n) is 3.15. The van der Waals surface area contributed by atoms with Crippen LogP contribution >= 0.6 is 0 Å². The standard InChI is InChI=1S/C10H13N3O/c1-7-9(5-11)13-6-8(14-2)3-4-10(13)12-7/h3-4,6H,5,11H2,1-2H3. The molecule has 2 N–H and O–H groups in total. The van der Waals surface area contributed by atoms with Gasteiger partial charge in [0.2, 0.25) is 0 Å². The lowest BCUT2D eigenvalue weighted by Crippen LogP contribution is -2.02. The van der Waals surface area contributed by atoms with Crippen LogP contribution in [0, 0.1) is 6.92 Å². The summed E-state index contributed by atoms with van der Waals surface area (Å²) in [5, 5.41) is 0. The number of imidazole rings is 1. The molecule has 2 aromatic heterocycles. The summed E-state index contributed by atoms with van der Waals surface area (Å²) in [6, 6.07) is 3.81. The first-order valence-corrected chi connectivity index (χ1v) is 4.48. The Morgan fingerprint density at radius 2 is 2.29 bits per heavy atom. The fraction of sp³-hybridized carbons (Fsp3) is 0.300. The molecular weight excluding hydrogens is 178 g/mol. The summed E-state index contributed by atoms with van der Waals surface area (Å²) in [6.07, 6.45) is 1.90. The van der Waals surface area contributed by atoms with Gasteiger partial charge in [0.05, 0.1) is 24.7 Å². The second-order valence-corrected chi connectivity index (χ2v) is 3.15. The van der Waals surface area contributed by atoms with Crippen molar-refractivity contribution in [1.29, 1.82) is 0 Å². The van der Waals surface area contributed by atoms with E-state index in [-0.39, 0.29) is 0 Å². The molecule has 2 heterocycles. The Balaban J connectivity index is 2.71. The van der Waals surface area contributed by atoms with Crippen molar-refractivity contribution >= 4 is 5.65 Å². The van der Waals surface area contributed by atoms with Gasteiger partial charge >= 0.3 is 0 Å². The van der Waals surface area contributed by atoms with Gasteiger partial charge in [-0.15, -0.1) is 0 Å². The summed E-state index contributed by atoms with van der Waals surface area (Å²) in [7, 11) is 1.65. The molecule has 0 unspecified atom stereocenters. The number of aryl methyl sites for hydroxylation is 1. The molecule has 4 heteroatoms. The molecule has 0 radical (unpaired) electrons. The first-order valence-electron chi connectivity index (χ1n) is 4.48. The number of methoxy groups -OCH3 is 1. The molecule has 0 amide bonds. The summed E-state index contributed by atoms with van der Waals surface area (Å²) in [5.74, 6) is 0.810. The Morgan fingerprint density at radius 3 is 2.93 bits per heavy atom. The minimum atomic E-state index is 0.486. The number of aromatic nitrogens is 2. The minimum absolute atomic E-state index is 0.486.